The number of nitrogens with zero attached hydrogens (tertiary/aromatic N) is 7. The van der Waals surface area contributed by atoms with Crippen LogP contribution in [0.3, 0.4) is 0 Å². The van der Waals surface area contributed by atoms with E-state index < -0.39 is 35.5 Å². The van der Waals surface area contributed by atoms with Crippen molar-refractivity contribution in [3.05, 3.63) is 59.7 Å². The molecule has 21 heteroatoms. The molecule has 4 aromatic heterocycles. The molecule has 0 spiro atoms. The monoisotopic (exact) mass is 1640 g/mol. The van der Waals surface area contributed by atoms with Crippen LogP contribution in [0.4, 0.5) is 13.2 Å². The highest BCUT2D eigenvalue weighted by atomic mass is 19.3. The fourth-order valence-electron chi connectivity index (χ4n) is 33.5. The Hall–Kier alpha value is -4.99. The molecular weight excluding hydrogens is 1490 g/mol. The Balaban J connectivity index is 0.000000113. The highest BCUT2D eigenvalue weighted by Crippen LogP contribution is 2.70. The van der Waals surface area contributed by atoms with Gasteiger partial charge >= 0.3 is 0 Å². The number of aliphatic hydroxyl groups is 4. The number of ketones is 4. The quantitative estimate of drug-likeness (QED) is 0.0618. The van der Waals surface area contributed by atoms with Gasteiger partial charge in [0.1, 0.15) is 71.4 Å². The van der Waals surface area contributed by atoms with E-state index in [0.29, 0.717) is 127 Å². The van der Waals surface area contributed by atoms with Gasteiger partial charge in [-0.15, -0.1) is 0 Å². The zero-order chi connectivity index (χ0) is 83.0. The van der Waals surface area contributed by atoms with Crippen molar-refractivity contribution in [3.8, 4) is 0 Å². The van der Waals surface area contributed by atoms with E-state index in [4.69, 9.17) is 0 Å². The van der Waals surface area contributed by atoms with Crippen LogP contribution in [0.15, 0.2) is 25.0 Å². The molecule has 0 amide bonds. The molecule has 0 unspecified atom stereocenters. The van der Waals surface area contributed by atoms with Gasteiger partial charge in [-0.1, -0.05) is 27.7 Å². The maximum absolute atomic E-state index is 13.4. The fraction of sp³-hybridized carbons (Fsp3) is 0.856. The number of imidazole rings is 2. The highest BCUT2D eigenvalue weighted by Gasteiger charge is 2.65. The van der Waals surface area contributed by atoms with Gasteiger partial charge in [0, 0.05) is 48.8 Å². The summed E-state index contributed by atoms with van der Waals surface area (Å²) in [5.74, 6) is 18.6. The van der Waals surface area contributed by atoms with Crippen molar-refractivity contribution in [2.24, 2.45) is 171 Å². The van der Waals surface area contributed by atoms with E-state index in [1.54, 1.807) is 6.20 Å². The normalized spacial score (nSPS) is 46.1. The van der Waals surface area contributed by atoms with E-state index in [9.17, 15) is 52.8 Å². The Morgan fingerprint density at radius 3 is 1.13 bits per heavy atom. The molecule has 16 saturated carbocycles. The molecule has 0 aliphatic heterocycles. The van der Waals surface area contributed by atoms with Crippen molar-refractivity contribution < 1.29 is 52.8 Å². The predicted octanol–water partition coefficient (Wildman–Crippen LogP) is 17.8. The summed E-state index contributed by atoms with van der Waals surface area (Å²) < 4.78 is 42.1. The van der Waals surface area contributed by atoms with E-state index in [1.807, 2.05) is 45.5 Å². The molecule has 7 N–H and O–H groups in total. The van der Waals surface area contributed by atoms with Crippen LogP contribution in [0, 0.1) is 178 Å². The molecule has 0 bridgehead atoms. The van der Waals surface area contributed by atoms with Crippen molar-refractivity contribution in [2.75, 3.05) is 6.67 Å². The van der Waals surface area contributed by atoms with Crippen LogP contribution in [-0.2, 0) is 51.9 Å². The molecule has 118 heavy (non-hydrogen) atoms. The van der Waals surface area contributed by atoms with Crippen molar-refractivity contribution in [1.82, 2.24) is 49.9 Å². The third-order valence-electron chi connectivity index (χ3n) is 39.2. The predicted molar refractivity (Wildman–Crippen MR) is 444 cm³/mol. The van der Waals surface area contributed by atoms with Gasteiger partial charge in [0.05, 0.1) is 48.2 Å². The minimum atomic E-state index is -2.64. The Bertz CT molecular complexity index is 4180. The second-order valence-electron chi connectivity index (χ2n) is 45.0. The number of Topliss-reactive ketones (excluding diaryl/α,β-unsaturated/α-hetero) is 4. The number of aromatic amines is 3. The lowest BCUT2D eigenvalue weighted by Crippen LogP contribution is -2.53. The number of aryl methyl sites for hydroxylation is 3. The number of carbonyl (C=O) groups excluding carboxylic acids is 4. The number of halogens is 3. The molecule has 16 aliphatic carbocycles. The molecule has 0 aromatic carbocycles. The first-order chi connectivity index (χ1) is 56.2. The van der Waals surface area contributed by atoms with Gasteiger partial charge in [0.2, 0.25) is 0 Å². The molecule has 18 nitrogen and oxygen atoms in total. The topological polar surface area (TPSA) is 279 Å². The zero-order valence-electron chi connectivity index (χ0n) is 72.9. The van der Waals surface area contributed by atoms with E-state index in [1.165, 1.54) is 103 Å². The van der Waals surface area contributed by atoms with Gasteiger partial charge < -0.3 is 30.0 Å². The average Bonchev–Trinajstić information content (AvgIpc) is 1.49. The molecule has 4 heterocycles. The van der Waals surface area contributed by atoms with E-state index in [0.717, 1.165) is 192 Å². The van der Waals surface area contributed by atoms with Crippen molar-refractivity contribution in [1.29, 1.82) is 0 Å². The molecule has 16 fully saturated rings. The number of H-pyrrole nitrogens is 3. The van der Waals surface area contributed by atoms with Gasteiger partial charge in [-0.25, -0.2) is 33.1 Å². The van der Waals surface area contributed by atoms with E-state index >= 15 is 0 Å². The maximum atomic E-state index is 13.4. The number of aromatic nitrogens is 10. The minimum Gasteiger partial charge on any atom is -0.390 e. The highest BCUT2D eigenvalue weighted by molar-refractivity contribution is 5.85. The molecule has 652 valence electrons. The largest absolute Gasteiger partial charge is 0.390 e. The molecule has 20 rings (SSSR count). The summed E-state index contributed by atoms with van der Waals surface area (Å²) in [5, 5.41) is 55.4. The molecule has 32 atom stereocenters. The maximum Gasteiger partial charge on any atom is 0.266 e. The Kier molecular flexibility index (Phi) is 23.7. The number of hydrogen-bond acceptors (Lipinski definition) is 14. The van der Waals surface area contributed by atoms with Crippen molar-refractivity contribution >= 4 is 23.1 Å². The zero-order valence-corrected chi connectivity index (χ0v) is 72.9. The second-order valence-corrected chi connectivity index (χ2v) is 45.0. The van der Waals surface area contributed by atoms with Crippen molar-refractivity contribution in [3.63, 3.8) is 0 Å². The first-order valence-corrected chi connectivity index (χ1v) is 47.7. The van der Waals surface area contributed by atoms with Gasteiger partial charge in [-0.05, 0) is 399 Å². The third kappa shape index (κ3) is 15.8. The van der Waals surface area contributed by atoms with Gasteiger partial charge in [-0.3, -0.25) is 29.4 Å². The van der Waals surface area contributed by atoms with E-state index in [2.05, 4.69) is 73.0 Å². The number of fused-ring (bicyclic) bond motifs is 20. The van der Waals surface area contributed by atoms with Crippen LogP contribution in [0.25, 0.3) is 0 Å². The van der Waals surface area contributed by atoms with Gasteiger partial charge in [0.15, 0.2) is 0 Å². The minimum absolute atomic E-state index is 0.0451. The number of carbonyl (C=O) groups is 4. The average molecular weight is 1640 g/mol. The van der Waals surface area contributed by atoms with Gasteiger partial charge in [0.25, 0.3) is 6.43 Å². The van der Waals surface area contributed by atoms with Crippen LogP contribution < -0.4 is 0 Å². The number of hydrogen-bond donors (Lipinski definition) is 7. The summed E-state index contributed by atoms with van der Waals surface area (Å²) in [6.45, 7) is 17.1. The fourth-order valence-corrected chi connectivity index (χ4v) is 33.5. The Morgan fingerprint density at radius 2 is 0.780 bits per heavy atom. The van der Waals surface area contributed by atoms with Crippen molar-refractivity contribution in [2.45, 2.75) is 341 Å². The summed E-state index contributed by atoms with van der Waals surface area (Å²) >= 11 is 0. The molecule has 0 saturated heterocycles. The first kappa shape index (κ1) is 85.2. The summed E-state index contributed by atoms with van der Waals surface area (Å²) in [5.41, 5.74) is -1.10. The summed E-state index contributed by atoms with van der Waals surface area (Å²) in [6, 6.07) is 0. The van der Waals surface area contributed by atoms with Crippen LogP contribution in [-0.4, -0.2) is 129 Å². The summed E-state index contributed by atoms with van der Waals surface area (Å²) in [7, 11) is 1.99. The lowest BCUT2D eigenvalue weighted by molar-refractivity contribution is -0.160. The van der Waals surface area contributed by atoms with Crippen LogP contribution >= 0.6 is 0 Å². The summed E-state index contributed by atoms with van der Waals surface area (Å²) in [4.78, 5) is 73.5. The smallest absolute Gasteiger partial charge is 0.266 e. The van der Waals surface area contributed by atoms with Crippen LogP contribution in [0.5, 0.6) is 0 Å². The van der Waals surface area contributed by atoms with Crippen LogP contribution in [0.2, 0.25) is 0 Å². The Morgan fingerprint density at radius 1 is 0.424 bits per heavy atom. The molecular formula is C97H145F3N10O8. The third-order valence-corrected chi connectivity index (χ3v) is 39.2. The summed E-state index contributed by atoms with van der Waals surface area (Å²) in [6.07, 6.45) is 43.4. The van der Waals surface area contributed by atoms with Crippen LogP contribution in [0.1, 0.15) is 307 Å². The number of rotatable bonds is 14. The lowest BCUT2D eigenvalue weighted by Gasteiger charge is -2.57. The molecule has 16 aliphatic rings. The Labute approximate surface area is 700 Å². The number of alkyl halides is 3. The first-order valence-electron chi connectivity index (χ1n) is 47.7. The lowest BCUT2D eigenvalue weighted by atomic mass is 9.49. The van der Waals surface area contributed by atoms with Gasteiger partial charge in [-0.2, -0.15) is 10.2 Å². The van der Waals surface area contributed by atoms with E-state index in [-0.39, 0.29) is 69.9 Å². The standard InChI is InChI=1S/C26H40N2O2.C25H38N2O2.C23H33F2N3O2.C23H34FN3O2/c1-15-16(2)28-24(27-15)13-23(29)22-8-7-21-20-6-5-17-14-25(3,30)11-9-18(17)19(20)10-12-26(21,22)4;1-24(29)10-8-17-16(15-24)4-5-19-18(17)9-11-25(2)20(19)6-7-21(25)22(28)14-23-26-12-13-27(23)3;1-22-8-6-15-14-7-9-23(30,21(24)25)11-13(14)2-3-16(15)17(22)4-5-18(22)19(29)10-20-26-12-27-28-20;1-22-8-6-16-15-7-9-23(29,12-24)11-14(15)2-3-17(16)18(22)4-5-19(22)20(28)10-21-25-13-26-27-21/h17-22,30H,5-14H2,1-4H3,(H,27,28);12-13,16-21,29H,4-11,14-15H2,1-3H3;12-18,21,30H,2-11H2,1H3,(H,26,27,28);13-19,29H,2-12H2,1H3,(H,25,26,27)/t17-,18+,19-,20-,21+,22-,25-,26+;16-,17+,18-,19-,20+,21-,24-,25+;13-,14-,15+,16+,17-,18+,22-,23+;14-,15-,16+,17+,18-,19+,22-,23+/m1100/s1. The number of nitrogens with one attached hydrogen (secondary N) is 3. The molecule has 4 aromatic rings. The molecule has 0 radical (unpaired) electrons. The SMILES string of the molecule is C[C@]12CC[C@H]3[C@@H](CC[C@H]4C[C@@](O)(C(F)F)CC[C@@H]43)[C@@H]1CC[C@@H]2C(=O)Cc1ncn[nH]1.C[C@]12CC[C@H]3[C@@H](CC[C@H]4C[C@@](O)(CF)CC[C@@H]43)[C@@H]1CC[C@@H]2C(=O)Cc1ncn[nH]1.Cc1nc(CC(=O)[C@H]2CC[C@H]3[C@@H]4CC[C@@H]5C[C@](C)(O)CC[C@@H]5[C@H]4CC[C@]23C)[nH]c1C.Cn1ccnc1CC(=O)[C@H]1CC[C@H]2[C@@H]3CC[C@@H]4C[C@](C)(O)CC[C@@H]4[C@H]3CC[C@]12C. The second kappa shape index (κ2) is 32.8.